The summed E-state index contributed by atoms with van der Waals surface area (Å²) < 4.78 is 10.7. The maximum absolute atomic E-state index is 13.4. The van der Waals surface area contributed by atoms with Crippen LogP contribution in [0, 0.1) is 33.5 Å². The molecule has 1 saturated heterocycles. The van der Waals surface area contributed by atoms with E-state index in [1.165, 1.54) is 0 Å². The Kier molecular flexibility index (Phi) is 22.0. The van der Waals surface area contributed by atoms with E-state index in [1.807, 2.05) is 76.2 Å². The number of ether oxygens (including phenoxy) is 2. The smallest absolute Gasteiger partial charge is 0.338 e. The van der Waals surface area contributed by atoms with Crippen LogP contribution in [-0.4, -0.2) is 69.8 Å². The molecule has 1 N–H and O–H groups in total. The van der Waals surface area contributed by atoms with Crippen molar-refractivity contribution in [3.63, 3.8) is 0 Å². The van der Waals surface area contributed by atoms with E-state index in [0.717, 1.165) is 88.2 Å². The van der Waals surface area contributed by atoms with Gasteiger partial charge in [0.15, 0.2) is 0 Å². The van der Waals surface area contributed by atoms with E-state index < -0.39 is 5.66 Å². The maximum Gasteiger partial charge on any atom is 0.338 e. The number of nitrogens with one attached hydrogen (secondary N) is 1. The minimum absolute atomic E-state index is 0. The number of carbonyl (C=O) groups is 4. The van der Waals surface area contributed by atoms with Crippen molar-refractivity contribution < 1.29 is 28.7 Å². The molecule has 6 rings (SSSR count). The molecule has 2 aromatic carbocycles. The minimum Gasteiger partial charge on any atom is -0.459 e. The van der Waals surface area contributed by atoms with Gasteiger partial charge in [-0.05, 0) is 174 Å². The second-order valence-corrected chi connectivity index (χ2v) is 25.8. The predicted octanol–water partition coefficient (Wildman–Crippen LogP) is 15.4. The number of hydrogen-bond acceptors (Lipinski definition) is 8. The van der Waals surface area contributed by atoms with Gasteiger partial charge in [-0.15, -0.1) is 0 Å². The van der Waals surface area contributed by atoms with Crippen LogP contribution < -0.4 is 5.32 Å². The molecular formula is C61H102N4O6. The van der Waals surface area contributed by atoms with Crippen LogP contribution in [0.25, 0.3) is 0 Å². The van der Waals surface area contributed by atoms with Crippen molar-refractivity contribution in [2.45, 2.75) is 246 Å². The molecule has 10 heteroatoms. The second-order valence-electron chi connectivity index (χ2n) is 25.8. The van der Waals surface area contributed by atoms with Gasteiger partial charge in [0, 0.05) is 0 Å². The fourth-order valence-corrected chi connectivity index (χ4v) is 11.0. The van der Waals surface area contributed by atoms with Crippen LogP contribution in [0.1, 0.15) is 254 Å². The Morgan fingerprint density at radius 1 is 0.606 bits per heavy atom. The molecular weight excluding hydrogens is 885 g/mol. The normalized spacial score (nSPS) is 23.4. The molecule has 10 nitrogen and oxygen atoms in total. The Labute approximate surface area is 433 Å². The summed E-state index contributed by atoms with van der Waals surface area (Å²) in [6.45, 7) is 35.2. The summed E-state index contributed by atoms with van der Waals surface area (Å²) in [5.41, 5.74) is 3.42. The standard InChI is InChI=1S/C29H46N2O3.C29H44N2O3.3CH4/c2*1-20(2)34-26(33)22-11-9-21(10-12-22)24(15-16-27(3,4)5)31-25(32)19-30-29(31)17-13-23(14-18-29)28(6,7)8;;;/h9-12,20,23-24,30H,13-19H2,1-8H3;9-12,19-20,23-24H,13-18H2,1-8H3;3*1H4/t2*23?,24-,29?;;;/m11.../s1. The molecule has 2 spiro atoms. The number of rotatable bonds is 12. The number of aliphatic imine (C=N–C) groups is 1. The lowest BCUT2D eigenvalue weighted by molar-refractivity contribution is -0.136. The van der Waals surface area contributed by atoms with E-state index >= 15 is 0 Å². The summed E-state index contributed by atoms with van der Waals surface area (Å²) in [5, 5.41) is 3.64. The molecule has 2 amide bonds. The first kappa shape index (κ1) is 63.1. The van der Waals surface area contributed by atoms with Gasteiger partial charge in [-0.3, -0.25) is 19.9 Å². The Morgan fingerprint density at radius 3 is 1.32 bits per heavy atom. The molecule has 2 aliphatic heterocycles. The molecule has 4 aliphatic rings. The van der Waals surface area contributed by atoms with Crippen LogP contribution >= 0.6 is 0 Å². The van der Waals surface area contributed by atoms with Crippen molar-refractivity contribution in [3.05, 3.63) is 70.8 Å². The highest BCUT2D eigenvalue weighted by Gasteiger charge is 2.52. The van der Waals surface area contributed by atoms with E-state index in [4.69, 9.17) is 14.5 Å². The molecule has 0 unspecified atom stereocenters. The number of amides is 2. The van der Waals surface area contributed by atoms with Gasteiger partial charge in [0.25, 0.3) is 5.91 Å². The molecule has 2 aliphatic carbocycles. The van der Waals surface area contributed by atoms with Crippen LogP contribution in [0.5, 0.6) is 0 Å². The monoisotopic (exact) mass is 987 g/mol. The lowest BCUT2D eigenvalue weighted by Crippen LogP contribution is -2.56. The average molecular weight is 988 g/mol. The van der Waals surface area contributed by atoms with Gasteiger partial charge < -0.3 is 19.3 Å². The van der Waals surface area contributed by atoms with Crippen molar-refractivity contribution >= 4 is 30.0 Å². The van der Waals surface area contributed by atoms with E-state index in [0.29, 0.717) is 34.9 Å². The third-order valence-electron chi connectivity index (χ3n) is 15.2. The molecule has 0 radical (unpaired) electrons. The van der Waals surface area contributed by atoms with Gasteiger partial charge >= 0.3 is 11.9 Å². The molecule has 2 saturated carbocycles. The second kappa shape index (κ2) is 24.8. The van der Waals surface area contributed by atoms with Gasteiger partial charge in [-0.25, -0.2) is 9.59 Å². The quantitative estimate of drug-likeness (QED) is 0.210. The number of esters is 2. The SMILES string of the molecule is C.C.C.CC(C)OC(=O)c1ccc([C@@H](CCC(C)(C)C)N2C(=O)C=NC23CCC(C(C)(C)C)CC3)cc1.CC(C)OC(=O)c1ccc([C@@H](CCC(C)(C)C)N2C(=O)CNC23CCC(C(C)(C)C)CC3)cc1. The Hall–Kier alpha value is -4.05. The summed E-state index contributed by atoms with van der Waals surface area (Å²) in [4.78, 5) is 60.4. The first-order valence-electron chi connectivity index (χ1n) is 26.0. The molecule has 3 fully saturated rings. The summed E-state index contributed by atoms with van der Waals surface area (Å²) in [7, 11) is 0. The van der Waals surface area contributed by atoms with Crippen molar-refractivity contribution in [2.75, 3.05) is 6.54 Å². The van der Waals surface area contributed by atoms with Crippen LogP contribution in [-0.2, 0) is 19.1 Å². The van der Waals surface area contributed by atoms with Gasteiger partial charge in [0.2, 0.25) is 5.91 Å². The van der Waals surface area contributed by atoms with E-state index in [1.54, 1.807) is 6.21 Å². The third kappa shape index (κ3) is 16.5. The van der Waals surface area contributed by atoms with Crippen LogP contribution in [0.2, 0.25) is 0 Å². The molecule has 2 atom stereocenters. The van der Waals surface area contributed by atoms with E-state index in [9.17, 15) is 19.2 Å². The fraction of sp³-hybridized carbons (Fsp3) is 0.721. The average Bonchev–Trinajstić information content (AvgIpc) is 3.71. The fourth-order valence-electron chi connectivity index (χ4n) is 11.0. The van der Waals surface area contributed by atoms with Gasteiger partial charge in [0.05, 0.1) is 53.8 Å². The maximum atomic E-state index is 13.4. The van der Waals surface area contributed by atoms with E-state index in [2.05, 4.69) is 98.2 Å². The largest absolute Gasteiger partial charge is 0.459 e. The molecule has 0 aromatic heterocycles. The zero-order chi connectivity index (χ0) is 50.6. The predicted molar refractivity (Wildman–Crippen MR) is 296 cm³/mol. The van der Waals surface area contributed by atoms with Gasteiger partial charge in [-0.2, -0.15) is 0 Å². The first-order valence-corrected chi connectivity index (χ1v) is 26.0. The molecule has 0 bridgehead atoms. The van der Waals surface area contributed by atoms with Gasteiger partial charge in [-0.1, -0.05) is 130 Å². The summed E-state index contributed by atoms with van der Waals surface area (Å²) in [6, 6.07) is 15.3. The topological polar surface area (TPSA) is 118 Å². The zero-order valence-electron chi connectivity index (χ0n) is 45.1. The zero-order valence-corrected chi connectivity index (χ0v) is 45.1. The van der Waals surface area contributed by atoms with Crippen LogP contribution in [0.4, 0.5) is 0 Å². The van der Waals surface area contributed by atoms with Gasteiger partial charge in [0.1, 0.15) is 5.66 Å². The molecule has 2 aromatic rings. The Balaban J connectivity index is 0.000000467. The summed E-state index contributed by atoms with van der Waals surface area (Å²) >= 11 is 0. The molecule has 402 valence electrons. The summed E-state index contributed by atoms with van der Waals surface area (Å²) in [5.74, 6) is 0.906. The van der Waals surface area contributed by atoms with E-state index in [-0.39, 0.29) is 92.2 Å². The van der Waals surface area contributed by atoms with Crippen molar-refractivity contribution in [3.8, 4) is 0 Å². The Morgan fingerprint density at radius 2 is 0.972 bits per heavy atom. The lowest BCUT2D eigenvalue weighted by Gasteiger charge is -2.49. The number of benzene rings is 2. The first-order chi connectivity index (χ1) is 31.4. The Bertz CT molecular complexity index is 1960. The molecule has 71 heavy (non-hydrogen) atoms. The van der Waals surface area contributed by atoms with Crippen LogP contribution in [0.3, 0.4) is 0 Å². The molecule has 2 heterocycles. The highest BCUT2D eigenvalue weighted by Crippen LogP contribution is 2.50. The van der Waals surface area contributed by atoms with Crippen molar-refractivity contribution in [1.82, 2.24) is 15.1 Å². The summed E-state index contributed by atoms with van der Waals surface area (Å²) in [6.07, 6.45) is 13.2. The number of carbonyl (C=O) groups excluding carboxylic acids is 4. The number of hydrogen-bond donors (Lipinski definition) is 1. The minimum atomic E-state index is -0.448. The highest BCUT2D eigenvalue weighted by atomic mass is 16.5. The van der Waals surface area contributed by atoms with Crippen molar-refractivity contribution in [2.24, 2.45) is 38.5 Å². The highest BCUT2D eigenvalue weighted by molar-refractivity contribution is 6.28. The number of nitrogens with zero attached hydrogens (tertiary/aromatic N) is 3. The lowest BCUT2D eigenvalue weighted by atomic mass is 9.69. The van der Waals surface area contributed by atoms with Crippen molar-refractivity contribution in [1.29, 1.82) is 0 Å². The van der Waals surface area contributed by atoms with Crippen LogP contribution in [0.15, 0.2) is 53.5 Å². The third-order valence-corrected chi connectivity index (χ3v) is 15.2.